The number of nitrogens with zero attached hydrogens (tertiary/aromatic N) is 3. The van der Waals surface area contributed by atoms with E-state index in [0.29, 0.717) is 0 Å². The molecule has 3 N–H and O–H groups in total. The van der Waals surface area contributed by atoms with Crippen LogP contribution in [0.25, 0.3) is 17.0 Å². The lowest BCUT2D eigenvalue weighted by atomic mass is 10.3. The number of nitrogen functional groups attached to an aromatic ring is 1. The third kappa shape index (κ3) is 1.73. The van der Waals surface area contributed by atoms with Gasteiger partial charge >= 0.3 is 0 Å². The van der Waals surface area contributed by atoms with E-state index in [1.165, 1.54) is 0 Å². The Morgan fingerprint density at radius 1 is 1.39 bits per heavy atom. The van der Waals surface area contributed by atoms with E-state index in [-0.39, 0.29) is 0 Å². The van der Waals surface area contributed by atoms with Crippen LogP contribution in [0.1, 0.15) is 19.2 Å². The van der Waals surface area contributed by atoms with Crippen molar-refractivity contribution in [1.82, 2.24) is 19.5 Å². The van der Waals surface area contributed by atoms with Crippen LogP contribution in [0, 0.1) is 0 Å². The molecule has 3 rings (SSSR count). The molecule has 0 atom stereocenters. The number of benzene rings is 1. The highest BCUT2D eigenvalue weighted by molar-refractivity contribution is 5.79. The number of aryl methyl sites for hydroxylation is 1. The Kier molecular flexibility index (Phi) is 2.51. The van der Waals surface area contributed by atoms with Gasteiger partial charge in [-0.15, -0.1) is 0 Å². The minimum Gasteiger partial charge on any atom is -0.399 e. The van der Waals surface area contributed by atoms with Crippen molar-refractivity contribution in [3.8, 4) is 5.95 Å². The first-order valence-corrected chi connectivity index (χ1v) is 6.06. The zero-order chi connectivity index (χ0) is 12.5. The first-order valence-electron chi connectivity index (χ1n) is 6.06. The normalized spacial score (nSPS) is 11.2. The van der Waals surface area contributed by atoms with Gasteiger partial charge in [0.2, 0.25) is 5.95 Å². The van der Waals surface area contributed by atoms with Crippen LogP contribution in [0.2, 0.25) is 0 Å². The van der Waals surface area contributed by atoms with E-state index in [2.05, 4.69) is 21.9 Å². The SMILES string of the molecule is CCCc1nccn1-c1nc2ccc(N)cc2[nH]1. The fraction of sp³-hybridized carbons (Fsp3) is 0.231. The van der Waals surface area contributed by atoms with Gasteiger partial charge in [-0.3, -0.25) is 4.57 Å². The van der Waals surface area contributed by atoms with E-state index in [1.807, 2.05) is 29.0 Å². The molecule has 3 aromatic rings. The number of imidazole rings is 2. The minimum absolute atomic E-state index is 0.733. The lowest BCUT2D eigenvalue weighted by molar-refractivity contribution is 0.791. The highest BCUT2D eigenvalue weighted by atomic mass is 15.2. The maximum atomic E-state index is 5.76. The van der Waals surface area contributed by atoms with Crippen molar-refractivity contribution in [3.05, 3.63) is 36.4 Å². The molecule has 5 nitrogen and oxygen atoms in total. The molecule has 92 valence electrons. The number of hydrogen-bond acceptors (Lipinski definition) is 3. The highest BCUT2D eigenvalue weighted by Crippen LogP contribution is 2.18. The van der Waals surface area contributed by atoms with Crippen molar-refractivity contribution in [2.75, 3.05) is 5.73 Å². The summed E-state index contributed by atoms with van der Waals surface area (Å²) < 4.78 is 1.99. The molecule has 0 aliphatic rings. The number of nitrogens with two attached hydrogens (primary N) is 1. The van der Waals surface area contributed by atoms with E-state index in [0.717, 1.165) is 41.3 Å². The molecule has 0 spiro atoms. The topological polar surface area (TPSA) is 72.5 Å². The number of aromatic amines is 1. The molecule has 0 fully saturated rings. The number of anilines is 1. The van der Waals surface area contributed by atoms with Crippen molar-refractivity contribution in [1.29, 1.82) is 0 Å². The molecule has 0 aliphatic heterocycles. The van der Waals surface area contributed by atoms with Gasteiger partial charge in [-0.25, -0.2) is 9.97 Å². The van der Waals surface area contributed by atoms with Crippen LogP contribution in [-0.4, -0.2) is 19.5 Å². The van der Waals surface area contributed by atoms with Gasteiger partial charge in [0, 0.05) is 24.5 Å². The molecule has 18 heavy (non-hydrogen) atoms. The summed E-state index contributed by atoms with van der Waals surface area (Å²) in [5, 5.41) is 0. The third-order valence-corrected chi connectivity index (χ3v) is 2.91. The zero-order valence-electron chi connectivity index (χ0n) is 10.2. The Morgan fingerprint density at radius 2 is 2.28 bits per heavy atom. The average Bonchev–Trinajstić information content (AvgIpc) is 2.94. The standard InChI is InChI=1S/C13H15N5/c1-2-3-12-15-6-7-18(12)13-16-10-5-4-9(14)8-11(10)17-13/h4-8H,2-3,14H2,1H3,(H,16,17). The molecule has 1 aromatic carbocycles. The van der Waals surface area contributed by atoms with Gasteiger partial charge in [0.25, 0.3) is 0 Å². The first-order chi connectivity index (χ1) is 8.78. The van der Waals surface area contributed by atoms with Crippen molar-refractivity contribution in [3.63, 3.8) is 0 Å². The van der Waals surface area contributed by atoms with E-state index in [1.54, 1.807) is 6.20 Å². The van der Waals surface area contributed by atoms with Gasteiger partial charge < -0.3 is 10.7 Å². The molecule has 0 bridgehead atoms. The third-order valence-electron chi connectivity index (χ3n) is 2.91. The molecule has 5 heteroatoms. The molecule has 0 amide bonds. The van der Waals surface area contributed by atoms with Crippen LogP contribution < -0.4 is 5.73 Å². The number of hydrogen-bond donors (Lipinski definition) is 2. The van der Waals surface area contributed by atoms with Crippen LogP contribution in [0.4, 0.5) is 5.69 Å². The van der Waals surface area contributed by atoms with E-state index >= 15 is 0 Å². The Hall–Kier alpha value is -2.30. The van der Waals surface area contributed by atoms with Crippen LogP contribution in [0.15, 0.2) is 30.6 Å². The fourth-order valence-corrected chi connectivity index (χ4v) is 2.06. The number of fused-ring (bicyclic) bond motifs is 1. The predicted molar refractivity (Wildman–Crippen MR) is 71.6 cm³/mol. The summed E-state index contributed by atoms with van der Waals surface area (Å²) >= 11 is 0. The maximum Gasteiger partial charge on any atom is 0.213 e. The molecular formula is C13H15N5. The summed E-state index contributed by atoms with van der Waals surface area (Å²) in [6, 6.07) is 5.66. The lowest BCUT2D eigenvalue weighted by Gasteiger charge is -2.01. The van der Waals surface area contributed by atoms with Gasteiger partial charge in [-0.1, -0.05) is 6.92 Å². The van der Waals surface area contributed by atoms with Gasteiger partial charge in [-0.05, 0) is 24.6 Å². The van der Waals surface area contributed by atoms with Gasteiger partial charge in [-0.2, -0.15) is 0 Å². The van der Waals surface area contributed by atoms with Gasteiger partial charge in [0.15, 0.2) is 0 Å². The number of nitrogens with one attached hydrogen (secondary N) is 1. The monoisotopic (exact) mass is 241 g/mol. The predicted octanol–water partition coefficient (Wildman–Crippen LogP) is 2.28. The molecule has 0 unspecified atom stereocenters. The first kappa shape index (κ1) is 10.8. The van der Waals surface area contributed by atoms with Gasteiger partial charge in [0.05, 0.1) is 11.0 Å². The average molecular weight is 241 g/mol. The Labute approximate surface area is 105 Å². The summed E-state index contributed by atoms with van der Waals surface area (Å²) in [6.45, 7) is 2.14. The molecular weight excluding hydrogens is 226 g/mol. The molecule has 0 saturated carbocycles. The molecule has 2 aromatic heterocycles. The van der Waals surface area contributed by atoms with Crippen LogP contribution in [0.3, 0.4) is 0 Å². The Morgan fingerprint density at radius 3 is 3.11 bits per heavy atom. The number of H-pyrrole nitrogens is 1. The largest absolute Gasteiger partial charge is 0.399 e. The number of aromatic nitrogens is 4. The summed E-state index contributed by atoms with van der Waals surface area (Å²) in [6.07, 6.45) is 5.72. The number of rotatable bonds is 3. The Bertz CT molecular complexity index is 680. The summed E-state index contributed by atoms with van der Waals surface area (Å²) in [4.78, 5) is 12.2. The van der Waals surface area contributed by atoms with Crippen LogP contribution >= 0.6 is 0 Å². The van der Waals surface area contributed by atoms with Gasteiger partial charge in [0.1, 0.15) is 5.82 Å². The van der Waals surface area contributed by atoms with Crippen molar-refractivity contribution < 1.29 is 0 Å². The summed E-state index contributed by atoms with van der Waals surface area (Å²) in [5.74, 6) is 1.81. The van der Waals surface area contributed by atoms with Crippen molar-refractivity contribution in [2.24, 2.45) is 0 Å². The smallest absolute Gasteiger partial charge is 0.213 e. The summed E-state index contributed by atoms with van der Waals surface area (Å²) in [5.41, 5.74) is 8.35. The van der Waals surface area contributed by atoms with E-state index in [9.17, 15) is 0 Å². The minimum atomic E-state index is 0.733. The molecule has 2 heterocycles. The molecule has 0 saturated heterocycles. The summed E-state index contributed by atoms with van der Waals surface area (Å²) in [7, 11) is 0. The van der Waals surface area contributed by atoms with Crippen molar-refractivity contribution in [2.45, 2.75) is 19.8 Å². The van der Waals surface area contributed by atoms with E-state index < -0.39 is 0 Å². The van der Waals surface area contributed by atoms with Crippen molar-refractivity contribution >= 4 is 16.7 Å². The van der Waals surface area contributed by atoms with E-state index in [4.69, 9.17) is 5.73 Å². The lowest BCUT2D eigenvalue weighted by Crippen LogP contribution is -2.01. The maximum absolute atomic E-state index is 5.76. The van der Waals surface area contributed by atoms with Crippen LogP contribution in [0.5, 0.6) is 0 Å². The highest BCUT2D eigenvalue weighted by Gasteiger charge is 2.08. The second-order valence-electron chi connectivity index (χ2n) is 4.30. The second kappa shape index (κ2) is 4.18. The fourth-order valence-electron chi connectivity index (χ4n) is 2.06. The quantitative estimate of drug-likeness (QED) is 0.691. The zero-order valence-corrected chi connectivity index (χ0v) is 10.2. The second-order valence-corrected chi connectivity index (χ2v) is 4.30. The Balaban J connectivity index is 2.10. The molecule has 0 aliphatic carbocycles. The molecule has 0 radical (unpaired) electrons. The van der Waals surface area contributed by atoms with Crippen LogP contribution in [-0.2, 0) is 6.42 Å².